The molecule has 11 nitrogen and oxygen atoms in total. The molecule has 1 aromatic heterocycles. The first-order valence-electron chi connectivity index (χ1n) is 7.61. The zero-order valence-corrected chi connectivity index (χ0v) is 14.4. The Morgan fingerprint density at radius 2 is 1.89 bits per heavy atom. The van der Waals surface area contributed by atoms with Crippen molar-refractivity contribution in [3.8, 4) is 0 Å². The van der Waals surface area contributed by atoms with Gasteiger partial charge in [-0.25, -0.2) is 8.42 Å². The molecule has 3 rings (SSSR count). The number of amides is 1. The van der Waals surface area contributed by atoms with Crippen LogP contribution in [0.3, 0.4) is 0 Å². The Hall–Kier alpha value is -3.25. The average molecular weight is 395 g/mol. The van der Waals surface area contributed by atoms with Crippen LogP contribution in [0.2, 0.25) is 0 Å². The lowest BCUT2D eigenvalue weighted by Crippen LogP contribution is -2.37. The third-order valence-electron chi connectivity index (χ3n) is 3.65. The average Bonchev–Trinajstić information content (AvgIpc) is 3.25. The summed E-state index contributed by atoms with van der Waals surface area (Å²) in [4.78, 5) is 33.1. The van der Waals surface area contributed by atoms with Gasteiger partial charge in [-0.1, -0.05) is 0 Å². The molecule has 0 spiro atoms. The molecule has 1 amide bonds. The van der Waals surface area contributed by atoms with Crippen molar-refractivity contribution in [2.24, 2.45) is 0 Å². The molecule has 1 unspecified atom stereocenters. The second kappa shape index (κ2) is 7.17. The lowest BCUT2D eigenvalue weighted by Gasteiger charge is -2.10. The number of cyclic esters (lactones) is 1. The van der Waals surface area contributed by atoms with Crippen LogP contribution in [0.25, 0.3) is 0 Å². The first kappa shape index (κ1) is 18.5. The van der Waals surface area contributed by atoms with Crippen molar-refractivity contribution in [1.29, 1.82) is 0 Å². The highest BCUT2D eigenvalue weighted by molar-refractivity contribution is 7.89. The molecule has 1 aliphatic heterocycles. The van der Waals surface area contributed by atoms with E-state index >= 15 is 0 Å². The minimum atomic E-state index is -3.94. The Morgan fingerprint density at radius 1 is 1.19 bits per heavy atom. The van der Waals surface area contributed by atoms with Crippen molar-refractivity contribution < 1.29 is 32.1 Å². The Kier molecular flexibility index (Phi) is 4.92. The van der Waals surface area contributed by atoms with E-state index in [1.165, 1.54) is 24.3 Å². The summed E-state index contributed by atoms with van der Waals surface area (Å²) >= 11 is 0. The summed E-state index contributed by atoms with van der Waals surface area (Å²) in [5.74, 6) is -2.20. The van der Waals surface area contributed by atoms with Crippen LogP contribution >= 0.6 is 0 Å². The molecule has 0 saturated carbocycles. The van der Waals surface area contributed by atoms with E-state index in [-0.39, 0.29) is 29.4 Å². The van der Waals surface area contributed by atoms with E-state index in [9.17, 15) is 28.1 Å². The molecule has 27 heavy (non-hydrogen) atoms. The highest BCUT2D eigenvalue weighted by atomic mass is 32.2. The van der Waals surface area contributed by atoms with Crippen molar-refractivity contribution in [3.63, 3.8) is 0 Å². The van der Waals surface area contributed by atoms with Crippen LogP contribution in [0.5, 0.6) is 0 Å². The maximum atomic E-state index is 12.3. The number of rotatable bonds is 6. The first-order valence-corrected chi connectivity index (χ1v) is 9.09. The molecule has 0 aliphatic carbocycles. The van der Waals surface area contributed by atoms with Crippen molar-refractivity contribution in [1.82, 2.24) is 4.72 Å². The molecular weight excluding hydrogens is 382 g/mol. The number of ether oxygens (including phenoxy) is 1. The van der Waals surface area contributed by atoms with Gasteiger partial charge in [0.1, 0.15) is 11.0 Å². The first-order chi connectivity index (χ1) is 12.8. The standard InChI is InChI=1S/C15H13N3O8S/c19-14(12-5-6-13(26-12)18(21)22)16-9-1-3-10(4-2-9)27(23,24)17-11-7-8-25-15(11)20/h1-6,11,17H,7-8H2,(H,16,19). The summed E-state index contributed by atoms with van der Waals surface area (Å²) in [5, 5.41) is 13.0. The number of sulfonamides is 1. The van der Waals surface area contributed by atoms with Gasteiger partial charge in [-0.05, 0) is 30.3 Å². The van der Waals surface area contributed by atoms with Crippen molar-refractivity contribution >= 4 is 33.5 Å². The van der Waals surface area contributed by atoms with E-state index in [1.807, 2.05) is 0 Å². The number of furan rings is 1. The lowest BCUT2D eigenvalue weighted by atomic mass is 10.3. The van der Waals surface area contributed by atoms with Gasteiger partial charge in [-0.2, -0.15) is 4.72 Å². The van der Waals surface area contributed by atoms with E-state index in [4.69, 9.17) is 9.15 Å². The molecule has 142 valence electrons. The number of hydrogen-bond donors (Lipinski definition) is 2. The third-order valence-corrected chi connectivity index (χ3v) is 5.14. The summed E-state index contributed by atoms with van der Waals surface area (Å²) in [6, 6.07) is 6.41. The van der Waals surface area contributed by atoms with Crippen molar-refractivity contribution in [2.75, 3.05) is 11.9 Å². The van der Waals surface area contributed by atoms with Crippen LogP contribution in [0, 0.1) is 10.1 Å². The van der Waals surface area contributed by atoms with Crippen LogP contribution in [-0.2, 0) is 19.6 Å². The van der Waals surface area contributed by atoms with Crippen LogP contribution < -0.4 is 10.0 Å². The zero-order valence-electron chi connectivity index (χ0n) is 13.6. The quantitative estimate of drug-likeness (QED) is 0.417. The Labute approximate surface area is 152 Å². The Morgan fingerprint density at radius 3 is 2.44 bits per heavy atom. The predicted molar refractivity (Wildman–Crippen MR) is 89.4 cm³/mol. The number of nitro groups is 1. The summed E-state index contributed by atoms with van der Waals surface area (Å²) in [5.41, 5.74) is 0.248. The van der Waals surface area contributed by atoms with Gasteiger partial charge >= 0.3 is 11.9 Å². The van der Waals surface area contributed by atoms with Gasteiger partial charge in [-0.3, -0.25) is 19.7 Å². The molecule has 1 saturated heterocycles. The number of hydrogen-bond acceptors (Lipinski definition) is 8. The number of esters is 1. The molecule has 1 fully saturated rings. The van der Waals surface area contributed by atoms with E-state index in [0.717, 1.165) is 12.1 Å². The maximum Gasteiger partial charge on any atom is 0.433 e. The van der Waals surface area contributed by atoms with Gasteiger partial charge in [0.05, 0.1) is 17.6 Å². The molecular formula is C15H13N3O8S. The smallest absolute Gasteiger partial charge is 0.433 e. The number of anilines is 1. The fourth-order valence-electron chi connectivity index (χ4n) is 2.32. The van der Waals surface area contributed by atoms with E-state index in [1.54, 1.807) is 0 Å². The second-order valence-electron chi connectivity index (χ2n) is 5.50. The van der Waals surface area contributed by atoms with Gasteiger partial charge < -0.3 is 14.5 Å². The molecule has 0 radical (unpaired) electrons. The monoisotopic (exact) mass is 395 g/mol. The summed E-state index contributed by atoms with van der Waals surface area (Å²) in [6.07, 6.45) is 0.251. The molecule has 2 heterocycles. The molecule has 0 bridgehead atoms. The Bertz CT molecular complexity index is 996. The minimum Gasteiger partial charge on any atom is -0.464 e. The van der Waals surface area contributed by atoms with Crippen LogP contribution in [0.1, 0.15) is 17.0 Å². The second-order valence-corrected chi connectivity index (χ2v) is 7.22. The van der Waals surface area contributed by atoms with Crippen LogP contribution in [-0.4, -0.2) is 37.9 Å². The third kappa shape index (κ3) is 4.12. The largest absolute Gasteiger partial charge is 0.464 e. The number of benzene rings is 1. The van der Waals surface area contributed by atoms with Crippen LogP contribution in [0.4, 0.5) is 11.6 Å². The molecule has 1 atom stereocenters. The van der Waals surface area contributed by atoms with Gasteiger partial charge in [-0.15, -0.1) is 0 Å². The molecule has 2 aromatic rings. The SMILES string of the molecule is O=C(Nc1ccc(S(=O)(=O)NC2CCOC2=O)cc1)c1ccc([N+](=O)[O-])o1. The number of nitrogens with one attached hydrogen (secondary N) is 2. The topological polar surface area (TPSA) is 158 Å². The zero-order chi connectivity index (χ0) is 19.6. The highest BCUT2D eigenvalue weighted by Crippen LogP contribution is 2.19. The normalized spacial score (nSPS) is 16.7. The van der Waals surface area contributed by atoms with Gasteiger partial charge in [0.15, 0.2) is 5.76 Å². The Balaban J connectivity index is 1.68. The number of carbonyl (C=O) groups excluding carboxylic acids is 2. The fraction of sp³-hybridized carbons (Fsp3) is 0.200. The highest BCUT2D eigenvalue weighted by Gasteiger charge is 2.31. The van der Waals surface area contributed by atoms with E-state index in [0.29, 0.717) is 0 Å². The van der Waals surface area contributed by atoms with Gasteiger partial charge in [0, 0.05) is 12.1 Å². The fourth-order valence-corrected chi connectivity index (χ4v) is 3.54. The molecule has 12 heteroatoms. The van der Waals surface area contributed by atoms with Gasteiger partial charge in [0.2, 0.25) is 10.0 Å². The van der Waals surface area contributed by atoms with E-state index in [2.05, 4.69) is 10.0 Å². The van der Waals surface area contributed by atoms with Crippen molar-refractivity contribution in [2.45, 2.75) is 17.4 Å². The molecule has 1 aromatic carbocycles. The summed E-state index contributed by atoms with van der Waals surface area (Å²) in [6.45, 7) is 0.155. The van der Waals surface area contributed by atoms with E-state index < -0.39 is 38.7 Å². The van der Waals surface area contributed by atoms with Crippen molar-refractivity contribution in [3.05, 3.63) is 52.3 Å². The molecule has 1 aliphatic rings. The molecule has 2 N–H and O–H groups in total. The number of carbonyl (C=O) groups is 2. The summed E-state index contributed by atoms with van der Waals surface area (Å²) < 4.78 is 36.3. The maximum absolute atomic E-state index is 12.3. The predicted octanol–water partition coefficient (Wildman–Crippen LogP) is 1.03. The van der Waals surface area contributed by atoms with Crippen LogP contribution in [0.15, 0.2) is 45.7 Å². The lowest BCUT2D eigenvalue weighted by molar-refractivity contribution is -0.402. The minimum absolute atomic E-state index is 0.103. The number of nitrogens with zero attached hydrogens (tertiary/aromatic N) is 1. The summed E-state index contributed by atoms with van der Waals surface area (Å²) in [7, 11) is -3.94. The van der Waals surface area contributed by atoms with Gasteiger partial charge in [0.25, 0.3) is 5.91 Å².